The van der Waals surface area contributed by atoms with E-state index in [0.717, 1.165) is 24.0 Å². The van der Waals surface area contributed by atoms with E-state index >= 15 is 0 Å². The van der Waals surface area contributed by atoms with Crippen molar-refractivity contribution in [3.05, 3.63) is 71.8 Å². The van der Waals surface area contributed by atoms with E-state index in [2.05, 4.69) is 0 Å². The van der Waals surface area contributed by atoms with E-state index < -0.39 is 5.97 Å². The second-order valence-corrected chi connectivity index (χ2v) is 6.18. The van der Waals surface area contributed by atoms with Gasteiger partial charge in [-0.25, -0.2) is 0 Å². The van der Waals surface area contributed by atoms with Gasteiger partial charge in [0.1, 0.15) is 0 Å². The summed E-state index contributed by atoms with van der Waals surface area (Å²) in [5.41, 5.74) is 1.88. The number of carbonyl (C=O) groups excluding carboxylic acids is 1. The molecule has 1 aliphatic heterocycles. The van der Waals surface area contributed by atoms with Gasteiger partial charge in [-0.1, -0.05) is 60.7 Å². The Morgan fingerprint density at radius 3 is 2.04 bits per heavy atom. The lowest BCUT2D eigenvalue weighted by Crippen LogP contribution is -2.40. The lowest BCUT2D eigenvalue weighted by atomic mass is 9.89. The zero-order valence-electron chi connectivity index (χ0n) is 13.5. The van der Waals surface area contributed by atoms with Gasteiger partial charge in [-0.2, -0.15) is 0 Å². The van der Waals surface area contributed by atoms with Crippen molar-refractivity contribution < 1.29 is 14.7 Å². The number of hydrogen-bond donors (Lipinski definition) is 1. The van der Waals surface area contributed by atoms with E-state index in [1.165, 1.54) is 0 Å². The molecule has 1 fully saturated rings. The lowest BCUT2D eigenvalue weighted by Gasteiger charge is -2.28. The third-order valence-corrected chi connectivity index (χ3v) is 4.58. The van der Waals surface area contributed by atoms with Gasteiger partial charge in [0.25, 0.3) is 0 Å². The molecule has 1 saturated heterocycles. The molecule has 1 aliphatic rings. The van der Waals surface area contributed by atoms with Crippen LogP contribution in [0.3, 0.4) is 0 Å². The minimum atomic E-state index is -0.851. The number of aliphatic carboxylic acids is 1. The minimum absolute atomic E-state index is 0.00356. The Balaban J connectivity index is 1.94. The van der Waals surface area contributed by atoms with Gasteiger partial charge in [-0.05, 0) is 24.0 Å². The number of carbonyl (C=O) groups is 2. The maximum Gasteiger partial charge on any atom is 0.305 e. The first kappa shape index (κ1) is 16.2. The second-order valence-electron chi connectivity index (χ2n) is 6.18. The highest BCUT2D eigenvalue weighted by atomic mass is 16.4. The predicted molar refractivity (Wildman–Crippen MR) is 91.7 cm³/mol. The molecular formula is C20H21NO3. The SMILES string of the molecule is O=C(O)CC1CCCN1C(=O)C(c1ccccc1)c1ccccc1. The number of carboxylic acids is 1. The monoisotopic (exact) mass is 323 g/mol. The van der Waals surface area contributed by atoms with Crippen LogP contribution in [-0.2, 0) is 9.59 Å². The van der Waals surface area contributed by atoms with Gasteiger partial charge < -0.3 is 10.0 Å². The third kappa shape index (κ3) is 3.48. The molecule has 1 amide bonds. The van der Waals surface area contributed by atoms with Gasteiger partial charge in [0, 0.05) is 12.6 Å². The van der Waals surface area contributed by atoms with Crippen LogP contribution in [-0.4, -0.2) is 34.5 Å². The Hall–Kier alpha value is -2.62. The number of hydrogen-bond acceptors (Lipinski definition) is 2. The molecule has 3 rings (SSSR count). The fourth-order valence-corrected chi connectivity index (χ4v) is 3.47. The van der Waals surface area contributed by atoms with Crippen molar-refractivity contribution in [2.45, 2.75) is 31.2 Å². The number of carboxylic acid groups (broad SMARTS) is 1. The summed E-state index contributed by atoms with van der Waals surface area (Å²) in [6.45, 7) is 0.632. The van der Waals surface area contributed by atoms with Crippen LogP contribution in [0, 0.1) is 0 Å². The fourth-order valence-electron chi connectivity index (χ4n) is 3.47. The molecule has 0 spiro atoms. The maximum absolute atomic E-state index is 13.3. The highest BCUT2D eigenvalue weighted by Crippen LogP contribution is 2.31. The first-order valence-electron chi connectivity index (χ1n) is 8.29. The Kier molecular flexibility index (Phi) is 4.94. The molecule has 4 heteroatoms. The van der Waals surface area contributed by atoms with E-state index in [1.54, 1.807) is 4.90 Å². The predicted octanol–water partition coefficient (Wildman–Crippen LogP) is 3.28. The second kappa shape index (κ2) is 7.30. The zero-order chi connectivity index (χ0) is 16.9. The van der Waals surface area contributed by atoms with E-state index in [9.17, 15) is 9.59 Å². The summed E-state index contributed by atoms with van der Waals surface area (Å²) < 4.78 is 0. The molecule has 0 bridgehead atoms. The maximum atomic E-state index is 13.3. The largest absolute Gasteiger partial charge is 0.481 e. The van der Waals surface area contributed by atoms with Crippen molar-refractivity contribution in [3.63, 3.8) is 0 Å². The van der Waals surface area contributed by atoms with Crippen LogP contribution in [0.2, 0.25) is 0 Å². The molecule has 1 heterocycles. The van der Waals surface area contributed by atoms with Gasteiger partial charge >= 0.3 is 5.97 Å². The van der Waals surface area contributed by atoms with E-state index in [4.69, 9.17) is 5.11 Å². The van der Waals surface area contributed by atoms with Crippen LogP contribution in [0.4, 0.5) is 0 Å². The average molecular weight is 323 g/mol. The van der Waals surface area contributed by atoms with Crippen LogP contribution in [0.1, 0.15) is 36.3 Å². The number of likely N-dealkylation sites (tertiary alicyclic amines) is 1. The normalized spacial score (nSPS) is 17.2. The number of benzene rings is 2. The molecule has 2 aromatic carbocycles. The summed E-state index contributed by atoms with van der Waals surface area (Å²) in [5, 5.41) is 9.11. The summed E-state index contributed by atoms with van der Waals surface area (Å²) in [6.07, 6.45) is 1.64. The van der Waals surface area contributed by atoms with E-state index in [0.29, 0.717) is 6.54 Å². The average Bonchev–Trinajstić information content (AvgIpc) is 3.04. The van der Waals surface area contributed by atoms with Crippen molar-refractivity contribution in [2.75, 3.05) is 6.54 Å². The molecule has 0 aliphatic carbocycles. The summed E-state index contributed by atoms with van der Waals surface area (Å²) in [7, 11) is 0. The quantitative estimate of drug-likeness (QED) is 0.918. The molecule has 2 aromatic rings. The van der Waals surface area contributed by atoms with Crippen molar-refractivity contribution in [2.24, 2.45) is 0 Å². The molecular weight excluding hydrogens is 302 g/mol. The van der Waals surface area contributed by atoms with E-state index in [-0.39, 0.29) is 24.3 Å². The van der Waals surface area contributed by atoms with Gasteiger partial charge in [-0.3, -0.25) is 9.59 Å². The molecule has 124 valence electrons. The Morgan fingerprint density at radius 1 is 1.00 bits per heavy atom. The topological polar surface area (TPSA) is 57.6 Å². The Morgan fingerprint density at radius 2 is 1.54 bits per heavy atom. The van der Waals surface area contributed by atoms with Crippen LogP contribution >= 0.6 is 0 Å². The summed E-state index contributed by atoms with van der Waals surface area (Å²) in [4.78, 5) is 26.1. The Bertz CT molecular complexity index is 660. The lowest BCUT2D eigenvalue weighted by molar-refractivity contribution is -0.140. The van der Waals surface area contributed by atoms with Crippen LogP contribution in [0.15, 0.2) is 60.7 Å². The third-order valence-electron chi connectivity index (χ3n) is 4.58. The molecule has 1 N–H and O–H groups in total. The molecule has 0 aromatic heterocycles. The van der Waals surface area contributed by atoms with Crippen molar-refractivity contribution >= 4 is 11.9 Å². The minimum Gasteiger partial charge on any atom is -0.481 e. The number of nitrogens with zero attached hydrogens (tertiary/aromatic N) is 1. The molecule has 1 atom stereocenters. The molecule has 1 unspecified atom stereocenters. The molecule has 0 radical (unpaired) electrons. The van der Waals surface area contributed by atoms with Gasteiger partial charge in [0.2, 0.25) is 5.91 Å². The highest BCUT2D eigenvalue weighted by molar-refractivity contribution is 5.88. The standard InChI is InChI=1S/C20H21NO3/c22-18(23)14-17-12-7-13-21(17)20(24)19(15-8-3-1-4-9-15)16-10-5-2-6-11-16/h1-6,8-11,17,19H,7,12-14H2,(H,22,23). The number of rotatable bonds is 5. The smallest absolute Gasteiger partial charge is 0.305 e. The molecule has 24 heavy (non-hydrogen) atoms. The Labute approximate surface area is 141 Å². The van der Waals surface area contributed by atoms with Gasteiger partial charge in [0.05, 0.1) is 12.3 Å². The van der Waals surface area contributed by atoms with Crippen molar-refractivity contribution in [1.29, 1.82) is 0 Å². The fraction of sp³-hybridized carbons (Fsp3) is 0.300. The van der Waals surface area contributed by atoms with Gasteiger partial charge in [-0.15, -0.1) is 0 Å². The first-order valence-corrected chi connectivity index (χ1v) is 8.29. The summed E-state index contributed by atoms with van der Waals surface area (Å²) in [6, 6.07) is 19.2. The summed E-state index contributed by atoms with van der Waals surface area (Å²) in [5.74, 6) is -1.24. The molecule has 0 saturated carbocycles. The first-order chi connectivity index (χ1) is 11.7. The number of amides is 1. The zero-order valence-corrected chi connectivity index (χ0v) is 13.5. The van der Waals surface area contributed by atoms with Crippen LogP contribution in [0.25, 0.3) is 0 Å². The van der Waals surface area contributed by atoms with Crippen LogP contribution in [0.5, 0.6) is 0 Å². The van der Waals surface area contributed by atoms with Gasteiger partial charge in [0.15, 0.2) is 0 Å². The molecule has 4 nitrogen and oxygen atoms in total. The van der Waals surface area contributed by atoms with Crippen molar-refractivity contribution in [3.8, 4) is 0 Å². The van der Waals surface area contributed by atoms with Crippen molar-refractivity contribution in [1.82, 2.24) is 4.90 Å². The van der Waals surface area contributed by atoms with E-state index in [1.807, 2.05) is 60.7 Å². The van der Waals surface area contributed by atoms with Crippen LogP contribution < -0.4 is 0 Å². The summed E-state index contributed by atoms with van der Waals surface area (Å²) >= 11 is 0. The highest BCUT2D eigenvalue weighted by Gasteiger charge is 2.35.